The smallest absolute Gasteiger partial charge is 0.457 e. The van der Waals surface area contributed by atoms with Gasteiger partial charge in [-0.2, -0.15) is 0 Å². The van der Waals surface area contributed by atoms with E-state index in [1.54, 1.807) is 19.9 Å². The second-order valence-electron chi connectivity index (χ2n) is 10.4. The molecule has 2 aliphatic carbocycles. The molecule has 2 fully saturated rings. The maximum Gasteiger partial charge on any atom is 0.511 e. The van der Waals surface area contributed by atoms with Gasteiger partial charge >= 0.3 is 12.1 Å². The molecule has 1 saturated carbocycles. The molecular weight excluding hydrogens is 458 g/mol. The fourth-order valence-corrected chi connectivity index (χ4v) is 6.44. The van der Waals surface area contributed by atoms with Crippen molar-refractivity contribution in [1.82, 2.24) is 5.32 Å². The van der Waals surface area contributed by atoms with Crippen molar-refractivity contribution in [1.29, 1.82) is 0 Å². The number of hydrogen-bond donors (Lipinski definition) is 1. The molecule has 3 aliphatic rings. The van der Waals surface area contributed by atoms with Crippen molar-refractivity contribution in [2.75, 3.05) is 13.3 Å². The van der Waals surface area contributed by atoms with E-state index < -0.39 is 6.16 Å². The average Bonchev–Trinajstić information content (AvgIpc) is 2.87. The number of esters is 1. The molecule has 2 aromatic rings. The standard InChI is InChI=1S/C29H35NO6/c1-19(2)36-28(32)35-18-34-21-14-23(27(31)33-17-20-8-4-3-5-9-20)22-16-26-24-10-6-7-11-29(24,12-13-30-26)25(22)15-21/h3-5,8-9,14-15,19,24,26,30H,6-7,10-13,16-18H2,1-2H3/t24-,26+,29+/m0/s1. The Balaban J connectivity index is 1.45. The van der Waals surface area contributed by atoms with Crippen molar-refractivity contribution in [3.05, 3.63) is 64.7 Å². The van der Waals surface area contributed by atoms with Crippen molar-refractivity contribution in [2.24, 2.45) is 5.92 Å². The van der Waals surface area contributed by atoms with Gasteiger partial charge in [-0.1, -0.05) is 43.2 Å². The molecule has 7 nitrogen and oxygen atoms in total. The molecule has 1 N–H and O–H groups in total. The second kappa shape index (κ2) is 10.5. The Bertz CT molecular complexity index is 1100. The van der Waals surface area contributed by atoms with Gasteiger partial charge in [0.15, 0.2) is 0 Å². The average molecular weight is 494 g/mol. The monoisotopic (exact) mass is 493 g/mol. The van der Waals surface area contributed by atoms with Gasteiger partial charge in [0.25, 0.3) is 0 Å². The minimum Gasteiger partial charge on any atom is -0.457 e. The lowest BCUT2D eigenvalue weighted by atomic mass is 9.52. The first-order valence-electron chi connectivity index (χ1n) is 13.0. The summed E-state index contributed by atoms with van der Waals surface area (Å²) in [5.74, 6) is 0.700. The van der Waals surface area contributed by atoms with Crippen LogP contribution in [0.1, 0.15) is 73.0 Å². The van der Waals surface area contributed by atoms with Gasteiger partial charge in [0.1, 0.15) is 12.4 Å². The molecule has 0 spiro atoms. The Hall–Kier alpha value is -3.06. The summed E-state index contributed by atoms with van der Waals surface area (Å²) in [5.41, 5.74) is 3.79. The van der Waals surface area contributed by atoms with Crippen LogP contribution in [0.4, 0.5) is 4.79 Å². The van der Waals surface area contributed by atoms with Gasteiger partial charge in [-0.3, -0.25) is 0 Å². The van der Waals surface area contributed by atoms with Crippen LogP contribution in [0.2, 0.25) is 0 Å². The van der Waals surface area contributed by atoms with Crippen LogP contribution in [0.15, 0.2) is 42.5 Å². The molecule has 2 bridgehead atoms. The van der Waals surface area contributed by atoms with E-state index >= 15 is 0 Å². The number of nitrogens with one attached hydrogen (secondary N) is 1. The Morgan fingerprint density at radius 1 is 1.08 bits per heavy atom. The third-order valence-electron chi connectivity index (χ3n) is 7.91. The molecule has 7 heteroatoms. The van der Waals surface area contributed by atoms with Gasteiger partial charge in [-0.25, -0.2) is 9.59 Å². The van der Waals surface area contributed by atoms with E-state index in [1.807, 2.05) is 30.3 Å². The molecule has 192 valence electrons. The molecule has 36 heavy (non-hydrogen) atoms. The summed E-state index contributed by atoms with van der Waals surface area (Å²) >= 11 is 0. The van der Waals surface area contributed by atoms with Crippen LogP contribution in [-0.4, -0.2) is 37.6 Å². The summed E-state index contributed by atoms with van der Waals surface area (Å²) in [6.07, 6.45) is 5.52. The lowest BCUT2D eigenvalue weighted by molar-refractivity contribution is -0.00847. The third-order valence-corrected chi connectivity index (χ3v) is 7.91. The largest absolute Gasteiger partial charge is 0.511 e. The minimum absolute atomic E-state index is 0.0347. The quantitative estimate of drug-likeness (QED) is 0.415. The van der Waals surface area contributed by atoms with Crippen molar-refractivity contribution >= 4 is 12.1 Å². The predicted octanol–water partition coefficient (Wildman–Crippen LogP) is 5.29. The highest BCUT2D eigenvalue weighted by Gasteiger charge is 2.52. The van der Waals surface area contributed by atoms with Gasteiger partial charge in [0.05, 0.1) is 11.7 Å². The number of piperidine rings is 1. The van der Waals surface area contributed by atoms with Gasteiger partial charge in [-0.15, -0.1) is 0 Å². The normalized spacial score (nSPS) is 24.3. The Morgan fingerprint density at radius 3 is 2.72 bits per heavy atom. The molecule has 3 atom stereocenters. The highest BCUT2D eigenvalue weighted by molar-refractivity contribution is 5.92. The zero-order valence-corrected chi connectivity index (χ0v) is 21.1. The van der Waals surface area contributed by atoms with Crippen LogP contribution < -0.4 is 10.1 Å². The molecule has 2 aromatic carbocycles. The fourth-order valence-electron chi connectivity index (χ4n) is 6.44. The van der Waals surface area contributed by atoms with Crippen molar-refractivity contribution < 1.29 is 28.5 Å². The number of hydrogen-bond acceptors (Lipinski definition) is 7. The maximum atomic E-state index is 13.4. The van der Waals surface area contributed by atoms with Gasteiger partial charge in [0, 0.05) is 11.5 Å². The predicted molar refractivity (Wildman–Crippen MR) is 134 cm³/mol. The molecule has 0 radical (unpaired) electrons. The first kappa shape index (κ1) is 24.6. The summed E-state index contributed by atoms with van der Waals surface area (Å²) in [6, 6.07) is 13.9. The Morgan fingerprint density at radius 2 is 1.92 bits per heavy atom. The molecule has 1 aliphatic heterocycles. The van der Waals surface area contributed by atoms with Crippen molar-refractivity contribution in [3.63, 3.8) is 0 Å². The van der Waals surface area contributed by atoms with Crippen LogP contribution in [0.3, 0.4) is 0 Å². The zero-order chi connectivity index (χ0) is 25.1. The molecule has 1 heterocycles. The number of fused-ring (bicyclic) bond motifs is 1. The Kier molecular flexibility index (Phi) is 7.19. The molecule has 0 aromatic heterocycles. The number of benzene rings is 2. The van der Waals surface area contributed by atoms with E-state index in [1.165, 1.54) is 24.8 Å². The molecule has 1 saturated heterocycles. The van der Waals surface area contributed by atoms with Gasteiger partial charge in [0.2, 0.25) is 6.79 Å². The first-order valence-corrected chi connectivity index (χ1v) is 13.0. The van der Waals surface area contributed by atoms with E-state index in [-0.39, 0.29) is 30.9 Å². The van der Waals surface area contributed by atoms with Crippen LogP contribution in [0.5, 0.6) is 5.75 Å². The first-order chi connectivity index (χ1) is 17.5. The van der Waals surface area contributed by atoms with E-state index in [4.69, 9.17) is 18.9 Å². The highest BCUT2D eigenvalue weighted by atomic mass is 16.8. The minimum atomic E-state index is -0.780. The van der Waals surface area contributed by atoms with Crippen molar-refractivity contribution in [3.8, 4) is 5.75 Å². The zero-order valence-electron chi connectivity index (χ0n) is 21.1. The number of carbonyl (C=O) groups is 2. The summed E-state index contributed by atoms with van der Waals surface area (Å²) in [6.45, 7) is 4.41. The second-order valence-corrected chi connectivity index (χ2v) is 10.4. The number of rotatable bonds is 7. The van der Waals surface area contributed by atoms with Crippen LogP contribution in [0, 0.1) is 5.92 Å². The third kappa shape index (κ3) is 4.94. The van der Waals surface area contributed by atoms with Gasteiger partial charge < -0.3 is 24.3 Å². The molecule has 0 amide bonds. The number of ether oxygens (including phenoxy) is 4. The van der Waals surface area contributed by atoms with Crippen LogP contribution in [0.25, 0.3) is 0 Å². The summed E-state index contributed by atoms with van der Waals surface area (Å²) in [7, 11) is 0. The van der Waals surface area contributed by atoms with E-state index in [0.717, 1.165) is 36.9 Å². The fraction of sp³-hybridized carbons (Fsp3) is 0.517. The SMILES string of the molecule is CC(C)OC(=O)OCOc1cc(C(=O)OCc2ccccc2)c2c(c1)[C@@]13CCCC[C@H]1[C@@H](C2)NCC3. The maximum absolute atomic E-state index is 13.4. The number of carbonyl (C=O) groups excluding carboxylic acids is 2. The van der Waals surface area contributed by atoms with Crippen LogP contribution >= 0.6 is 0 Å². The van der Waals surface area contributed by atoms with E-state index in [0.29, 0.717) is 23.3 Å². The highest BCUT2D eigenvalue weighted by Crippen LogP contribution is 2.55. The van der Waals surface area contributed by atoms with E-state index in [2.05, 4.69) is 11.4 Å². The summed E-state index contributed by atoms with van der Waals surface area (Å²) < 4.78 is 21.7. The van der Waals surface area contributed by atoms with Crippen molar-refractivity contribution in [2.45, 2.75) is 76.5 Å². The lowest BCUT2D eigenvalue weighted by Gasteiger charge is -2.56. The van der Waals surface area contributed by atoms with Gasteiger partial charge in [-0.05, 0) is 80.8 Å². The molecule has 0 unspecified atom stereocenters. The summed E-state index contributed by atoms with van der Waals surface area (Å²) in [4.78, 5) is 25.2. The lowest BCUT2D eigenvalue weighted by Crippen LogP contribution is -2.59. The topological polar surface area (TPSA) is 83.1 Å². The molecular formula is C29H35NO6. The Labute approximate surface area is 212 Å². The van der Waals surface area contributed by atoms with Crippen LogP contribution in [-0.2, 0) is 32.7 Å². The van der Waals surface area contributed by atoms with E-state index in [9.17, 15) is 9.59 Å². The summed E-state index contributed by atoms with van der Waals surface area (Å²) in [5, 5.41) is 3.73. The molecule has 5 rings (SSSR count).